The number of aromatic nitrogens is 1. The quantitative estimate of drug-likeness (QED) is 0.876. The molecule has 0 aliphatic rings. The summed E-state index contributed by atoms with van der Waals surface area (Å²) in [5, 5.41) is 6.11. The van der Waals surface area contributed by atoms with Crippen LogP contribution in [0.4, 0.5) is 11.5 Å². The van der Waals surface area contributed by atoms with E-state index in [1.165, 1.54) is 5.56 Å². The Kier molecular flexibility index (Phi) is 5.15. The number of pyridine rings is 1. The van der Waals surface area contributed by atoms with Crippen molar-refractivity contribution >= 4 is 17.4 Å². The first-order valence-electron chi connectivity index (χ1n) is 7.54. The highest BCUT2D eigenvalue weighted by atomic mass is 16.1. The van der Waals surface area contributed by atoms with Crippen molar-refractivity contribution in [3.8, 4) is 0 Å². The van der Waals surface area contributed by atoms with E-state index in [4.69, 9.17) is 0 Å². The van der Waals surface area contributed by atoms with Gasteiger partial charge in [-0.1, -0.05) is 19.9 Å². The zero-order valence-electron chi connectivity index (χ0n) is 13.6. The first kappa shape index (κ1) is 16.0. The molecule has 116 valence electrons. The lowest BCUT2D eigenvalue weighted by Crippen LogP contribution is -2.13. The van der Waals surface area contributed by atoms with Gasteiger partial charge in [-0.2, -0.15) is 0 Å². The first-order chi connectivity index (χ1) is 10.5. The summed E-state index contributed by atoms with van der Waals surface area (Å²) in [6, 6.07) is 9.43. The van der Waals surface area contributed by atoms with Gasteiger partial charge in [-0.25, -0.2) is 4.98 Å². The molecule has 0 saturated heterocycles. The standard InChI is InChI=1S/C18H23N3O/c1-12(2)10-19-17-8-7-16(11-20-17)21-18(22)15-6-5-13(3)14(4)9-15/h5-9,11-12H,10H2,1-4H3,(H,19,20)(H,21,22). The molecule has 0 atom stereocenters. The Morgan fingerprint density at radius 3 is 2.50 bits per heavy atom. The molecule has 22 heavy (non-hydrogen) atoms. The van der Waals surface area contributed by atoms with Gasteiger partial charge in [0.05, 0.1) is 11.9 Å². The van der Waals surface area contributed by atoms with Crippen LogP contribution in [0.15, 0.2) is 36.5 Å². The van der Waals surface area contributed by atoms with Gasteiger partial charge in [0.2, 0.25) is 0 Å². The molecule has 1 amide bonds. The average Bonchev–Trinajstić information content (AvgIpc) is 2.49. The zero-order valence-corrected chi connectivity index (χ0v) is 13.6. The number of benzene rings is 1. The maximum absolute atomic E-state index is 12.2. The summed E-state index contributed by atoms with van der Waals surface area (Å²) < 4.78 is 0. The molecule has 0 bridgehead atoms. The second-order valence-electron chi connectivity index (χ2n) is 5.96. The normalized spacial score (nSPS) is 10.6. The Morgan fingerprint density at radius 2 is 1.91 bits per heavy atom. The molecule has 2 N–H and O–H groups in total. The highest BCUT2D eigenvalue weighted by molar-refractivity contribution is 6.04. The number of nitrogens with one attached hydrogen (secondary N) is 2. The molecule has 1 heterocycles. The van der Waals surface area contributed by atoms with Gasteiger partial charge in [-0.3, -0.25) is 4.79 Å². The third-order valence-electron chi connectivity index (χ3n) is 3.48. The van der Waals surface area contributed by atoms with Crippen molar-refractivity contribution in [1.82, 2.24) is 4.98 Å². The number of nitrogens with zero attached hydrogens (tertiary/aromatic N) is 1. The molecule has 2 aromatic rings. The number of aryl methyl sites for hydroxylation is 2. The summed E-state index contributed by atoms with van der Waals surface area (Å²) in [4.78, 5) is 16.5. The fourth-order valence-electron chi connectivity index (χ4n) is 1.97. The van der Waals surface area contributed by atoms with Crippen LogP contribution in [-0.2, 0) is 0 Å². The maximum Gasteiger partial charge on any atom is 0.255 e. The fraction of sp³-hybridized carbons (Fsp3) is 0.333. The fourth-order valence-corrected chi connectivity index (χ4v) is 1.97. The van der Waals surface area contributed by atoms with Gasteiger partial charge >= 0.3 is 0 Å². The van der Waals surface area contributed by atoms with E-state index in [2.05, 4.69) is 29.5 Å². The van der Waals surface area contributed by atoms with E-state index in [9.17, 15) is 4.79 Å². The predicted octanol–water partition coefficient (Wildman–Crippen LogP) is 4.02. The van der Waals surface area contributed by atoms with Crippen molar-refractivity contribution in [2.45, 2.75) is 27.7 Å². The highest BCUT2D eigenvalue weighted by Gasteiger charge is 2.07. The third kappa shape index (κ3) is 4.32. The minimum Gasteiger partial charge on any atom is -0.370 e. The second-order valence-corrected chi connectivity index (χ2v) is 5.96. The van der Waals surface area contributed by atoms with E-state index in [1.54, 1.807) is 6.20 Å². The lowest BCUT2D eigenvalue weighted by atomic mass is 10.1. The minimum atomic E-state index is -0.118. The molecule has 0 aliphatic carbocycles. The van der Waals surface area contributed by atoms with E-state index < -0.39 is 0 Å². The SMILES string of the molecule is Cc1ccc(C(=O)Nc2ccc(NCC(C)C)nc2)cc1C. The van der Waals surface area contributed by atoms with Crippen LogP contribution in [0.3, 0.4) is 0 Å². The third-order valence-corrected chi connectivity index (χ3v) is 3.48. The van der Waals surface area contributed by atoms with E-state index in [1.807, 2.05) is 44.2 Å². The van der Waals surface area contributed by atoms with Crippen LogP contribution in [0.5, 0.6) is 0 Å². The first-order valence-corrected chi connectivity index (χ1v) is 7.54. The van der Waals surface area contributed by atoms with Crippen molar-refractivity contribution < 1.29 is 4.79 Å². The Hall–Kier alpha value is -2.36. The van der Waals surface area contributed by atoms with E-state index in [0.717, 1.165) is 17.9 Å². The lowest BCUT2D eigenvalue weighted by Gasteiger charge is -2.10. The van der Waals surface area contributed by atoms with E-state index >= 15 is 0 Å². The van der Waals surface area contributed by atoms with Gasteiger partial charge in [-0.05, 0) is 55.2 Å². The van der Waals surface area contributed by atoms with Crippen LogP contribution in [0.2, 0.25) is 0 Å². The number of rotatable bonds is 5. The molecule has 0 spiro atoms. The molecule has 2 rings (SSSR count). The molecule has 0 unspecified atom stereocenters. The summed E-state index contributed by atoms with van der Waals surface area (Å²) >= 11 is 0. The van der Waals surface area contributed by atoms with Crippen LogP contribution in [0, 0.1) is 19.8 Å². The molecule has 4 heteroatoms. The molecule has 1 aromatic carbocycles. The smallest absolute Gasteiger partial charge is 0.255 e. The summed E-state index contributed by atoms with van der Waals surface area (Å²) in [6.07, 6.45) is 1.67. The molecule has 0 fully saturated rings. The monoisotopic (exact) mass is 297 g/mol. The van der Waals surface area contributed by atoms with E-state index in [-0.39, 0.29) is 5.91 Å². The largest absolute Gasteiger partial charge is 0.370 e. The number of carbonyl (C=O) groups is 1. The summed E-state index contributed by atoms with van der Waals surface area (Å²) in [5.74, 6) is 1.26. The summed E-state index contributed by atoms with van der Waals surface area (Å²) in [6.45, 7) is 9.20. The Bertz CT molecular complexity index is 648. The van der Waals surface area contributed by atoms with Gasteiger partial charge in [0.1, 0.15) is 5.82 Å². The Balaban J connectivity index is 2.00. The van der Waals surface area contributed by atoms with Crippen LogP contribution in [-0.4, -0.2) is 17.4 Å². The minimum absolute atomic E-state index is 0.118. The van der Waals surface area contributed by atoms with Gasteiger partial charge < -0.3 is 10.6 Å². The lowest BCUT2D eigenvalue weighted by molar-refractivity contribution is 0.102. The summed E-state index contributed by atoms with van der Waals surface area (Å²) in [7, 11) is 0. The van der Waals surface area contributed by atoms with Crippen LogP contribution in [0.1, 0.15) is 35.3 Å². The molecule has 4 nitrogen and oxygen atoms in total. The van der Waals surface area contributed by atoms with Crippen LogP contribution in [0.25, 0.3) is 0 Å². The summed E-state index contributed by atoms with van der Waals surface area (Å²) in [5.41, 5.74) is 3.64. The van der Waals surface area contributed by atoms with Crippen LogP contribution < -0.4 is 10.6 Å². The van der Waals surface area contributed by atoms with Crippen molar-refractivity contribution in [2.24, 2.45) is 5.92 Å². The van der Waals surface area contributed by atoms with Crippen molar-refractivity contribution in [1.29, 1.82) is 0 Å². The number of carbonyl (C=O) groups excluding carboxylic acids is 1. The topological polar surface area (TPSA) is 54.0 Å². The zero-order chi connectivity index (χ0) is 16.1. The van der Waals surface area contributed by atoms with Gasteiger partial charge in [0.25, 0.3) is 5.91 Å². The number of amides is 1. The molecular weight excluding hydrogens is 274 g/mol. The molecule has 0 radical (unpaired) electrons. The van der Waals surface area contributed by atoms with Gasteiger partial charge in [-0.15, -0.1) is 0 Å². The van der Waals surface area contributed by atoms with Gasteiger partial charge in [0.15, 0.2) is 0 Å². The van der Waals surface area contributed by atoms with E-state index in [0.29, 0.717) is 17.2 Å². The molecule has 0 aliphatic heterocycles. The van der Waals surface area contributed by atoms with Crippen LogP contribution >= 0.6 is 0 Å². The Labute approximate surface area is 132 Å². The average molecular weight is 297 g/mol. The molecule has 0 saturated carbocycles. The number of hydrogen-bond acceptors (Lipinski definition) is 3. The van der Waals surface area contributed by atoms with Crippen molar-refractivity contribution in [3.05, 3.63) is 53.2 Å². The predicted molar refractivity (Wildman–Crippen MR) is 91.4 cm³/mol. The second kappa shape index (κ2) is 7.07. The maximum atomic E-state index is 12.2. The Morgan fingerprint density at radius 1 is 1.14 bits per heavy atom. The number of hydrogen-bond donors (Lipinski definition) is 2. The van der Waals surface area contributed by atoms with Crippen molar-refractivity contribution in [3.63, 3.8) is 0 Å². The molecular formula is C18H23N3O. The molecule has 1 aromatic heterocycles. The number of anilines is 2. The van der Waals surface area contributed by atoms with Gasteiger partial charge in [0, 0.05) is 12.1 Å². The highest BCUT2D eigenvalue weighted by Crippen LogP contribution is 2.14. The van der Waals surface area contributed by atoms with Crippen molar-refractivity contribution in [2.75, 3.05) is 17.2 Å².